The van der Waals surface area contributed by atoms with Crippen LogP contribution in [0, 0.1) is 0 Å². The van der Waals surface area contributed by atoms with Gasteiger partial charge in [-0.05, 0) is 42.0 Å². The molecule has 0 aliphatic carbocycles. The van der Waals surface area contributed by atoms with Crippen LogP contribution < -0.4 is 19.5 Å². The monoisotopic (exact) mass is 472 g/mol. The van der Waals surface area contributed by atoms with Crippen molar-refractivity contribution >= 4 is 38.9 Å². The number of methoxy groups -OCH3 is 1. The molecule has 1 aliphatic rings. The fourth-order valence-corrected chi connectivity index (χ4v) is 5.42. The number of nitrogens with one attached hydrogen (secondary N) is 2. The number of nitrogens with zero attached hydrogens (tertiary/aromatic N) is 1. The maximum absolute atomic E-state index is 13.5. The fraction of sp³-hybridized carbons (Fsp3) is 0.174. The normalized spacial score (nSPS) is 17.6. The third-order valence-corrected chi connectivity index (χ3v) is 7.89. The zero-order chi connectivity index (χ0) is 22.9. The fourth-order valence-electron chi connectivity index (χ4n) is 3.69. The lowest BCUT2D eigenvalue weighted by molar-refractivity contribution is -0.115. The van der Waals surface area contributed by atoms with Crippen molar-refractivity contribution in [3.05, 3.63) is 82.9 Å². The SMILES string of the molecule is COc1cccc(S(=O)(=O)[N+]2(C)NCc3ccc(NC(=O)Cc4ccc(Cl)cc4)cc32)c1. The van der Waals surface area contributed by atoms with Gasteiger partial charge >= 0.3 is 10.0 Å². The van der Waals surface area contributed by atoms with E-state index in [0.29, 0.717) is 28.7 Å². The number of amides is 1. The Hall–Kier alpha value is -2.91. The van der Waals surface area contributed by atoms with Gasteiger partial charge in [0.2, 0.25) is 5.91 Å². The summed E-state index contributed by atoms with van der Waals surface area (Å²) in [6.07, 6.45) is 0.181. The maximum Gasteiger partial charge on any atom is 0.349 e. The third kappa shape index (κ3) is 4.10. The molecule has 4 rings (SSSR count). The lowest BCUT2D eigenvalue weighted by atomic mass is 10.1. The first kappa shape index (κ1) is 22.3. The van der Waals surface area contributed by atoms with Crippen LogP contribution in [0.2, 0.25) is 5.02 Å². The molecule has 0 fully saturated rings. The highest BCUT2D eigenvalue weighted by molar-refractivity contribution is 7.91. The van der Waals surface area contributed by atoms with Crippen molar-refractivity contribution in [2.24, 2.45) is 0 Å². The van der Waals surface area contributed by atoms with Gasteiger partial charge in [0, 0.05) is 28.4 Å². The van der Waals surface area contributed by atoms with Crippen LogP contribution in [0.1, 0.15) is 11.1 Å². The number of benzene rings is 3. The average Bonchev–Trinajstić information content (AvgIpc) is 3.13. The van der Waals surface area contributed by atoms with Gasteiger partial charge in [0.05, 0.1) is 20.1 Å². The molecule has 3 aromatic carbocycles. The number of anilines is 1. The van der Waals surface area contributed by atoms with E-state index in [-0.39, 0.29) is 17.2 Å². The minimum absolute atomic E-state index is 0.136. The van der Waals surface area contributed by atoms with Gasteiger partial charge in [0.15, 0.2) is 5.69 Å². The van der Waals surface area contributed by atoms with Crippen LogP contribution in [-0.2, 0) is 27.8 Å². The summed E-state index contributed by atoms with van der Waals surface area (Å²) >= 11 is 5.89. The molecule has 32 heavy (non-hydrogen) atoms. The average molecular weight is 473 g/mol. The summed E-state index contributed by atoms with van der Waals surface area (Å²) in [7, 11) is -0.787. The summed E-state index contributed by atoms with van der Waals surface area (Å²) < 4.78 is 31.8. The van der Waals surface area contributed by atoms with E-state index in [0.717, 1.165) is 11.1 Å². The van der Waals surface area contributed by atoms with Gasteiger partial charge in [-0.15, -0.1) is 9.42 Å². The summed E-state index contributed by atoms with van der Waals surface area (Å²) in [6.45, 7) is 0.383. The molecule has 1 heterocycles. The predicted octanol–water partition coefficient (Wildman–Crippen LogP) is 3.87. The molecule has 0 bridgehead atoms. The summed E-state index contributed by atoms with van der Waals surface area (Å²) in [5.41, 5.74) is 5.83. The Morgan fingerprint density at radius 3 is 2.59 bits per heavy atom. The molecule has 1 aliphatic heterocycles. The van der Waals surface area contributed by atoms with Crippen LogP contribution in [0.4, 0.5) is 11.4 Å². The number of halogens is 1. The highest BCUT2D eigenvalue weighted by Crippen LogP contribution is 2.38. The van der Waals surface area contributed by atoms with E-state index in [1.54, 1.807) is 61.6 Å². The molecule has 0 saturated carbocycles. The minimum Gasteiger partial charge on any atom is -0.497 e. The number of sulfonamides is 1. The number of ether oxygens (including phenoxy) is 1. The van der Waals surface area contributed by atoms with Crippen LogP contribution in [-0.4, -0.2) is 28.5 Å². The van der Waals surface area contributed by atoms with E-state index in [4.69, 9.17) is 16.3 Å². The van der Waals surface area contributed by atoms with E-state index < -0.39 is 14.0 Å². The Bertz CT molecular complexity index is 1280. The Labute approximate surface area is 192 Å². The number of fused-ring (bicyclic) bond motifs is 1. The van der Waals surface area contributed by atoms with E-state index >= 15 is 0 Å². The summed E-state index contributed by atoms with van der Waals surface area (Å²) in [4.78, 5) is 12.7. The molecule has 166 valence electrons. The van der Waals surface area contributed by atoms with E-state index in [1.165, 1.54) is 13.2 Å². The lowest BCUT2D eigenvalue weighted by Gasteiger charge is -2.27. The van der Waals surface area contributed by atoms with Crippen LogP contribution in [0.25, 0.3) is 0 Å². The molecule has 0 spiro atoms. The van der Waals surface area contributed by atoms with Crippen LogP contribution in [0.15, 0.2) is 71.6 Å². The van der Waals surface area contributed by atoms with Gasteiger partial charge in [-0.3, -0.25) is 4.79 Å². The Balaban J connectivity index is 1.61. The zero-order valence-corrected chi connectivity index (χ0v) is 19.2. The second-order valence-corrected chi connectivity index (χ2v) is 10.2. The number of carbonyl (C=O) groups is 1. The highest BCUT2D eigenvalue weighted by atomic mass is 35.5. The molecule has 1 atom stereocenters. The van der Waals surface area contributed by atoms with Crippen LogP contribution in [0.5, 0.6) is 5.75 Å². The first-order valence-corrected chi connectivity index (χ1v) is 11.7. The van der Waals surface area contributed by atoms with E-state index in [2.05, 4.69) is 10.7 Å². The topological polar surface area (TPSA) is 84.5 Å². The van der Waals surface area contributed by atoms with Crippen molar-refractivity contribution in [2.45, 2.75) is 17.9 Å². The molecular formula is C23H23ClN3O4S+. The Morgan fingerprint density at radius 2 is 1.88 bits per heavy atom. The van der Waals surface area contributed by atoms with Gasteiger partial charge in [0.25, 0.3) is 0 Å². The standard InChI is InChI=1S/C23H22ClN3O4S/c1-27(32(29,30)21-5-3-4-20(14-21)31-2)22-13-19(11-8-17(22)15-25-27)26-23(28)12-16-6-9-18(24)10-7-16/h3-11,13-14,25H,12,15H2,1-2H3/p+1. The molecular weight excluding hydrogens is 450 g/mol. The first-order chi connectivity index (χ1) is 15.2. The molecule has 1 unspecified atom stereocenters. The van der Waals surface area contributed by atoms with Crippen LogP contribution in [0.3, 0.4) is 0 Å². The molecule has 3 aromatic rings. The highest BCUT2D eigenvalue weighted by Gasteiger charge is 2.47. The molecule has 1 amide bonds. The minimum atomic E-state index is -3.86. The lowest BCUT2D eigenvalue weighted by Crippen LogP contribution is -2.56. The largest absolute Gasteiger partial charge is 0.497 e. The molecule has 7 nitrogen and oxygen atoms in total. The number of hydrogen-bond donors (Lipinski definition) is 2. The van der Waals surface area contributed by atoms with Crippen molar-refractivity contribution in [2.75, 3.05) is 19.5 Å². The van der Waals surface area contributed by atoms with Crippen molar-refractivity contribution in [1.29, 1.82) is 0 Å². The van der Waals surface area contributed by atoms with Crippen molar-refractivity contribution in [3.8, 4) is 5.75 Å². The van der Waals surface area contributed by atoms with E-state index in [1.807, 2.05) is 6.07 Å². The number of carbonyl (C=O) groups excluding carboxylic acids is 1. The molecule has 0 radical (unpaired) electrons. The van der Waals surface area contributed by atoms with Crippen molar-refractivity contribution in [1.82, 2.24) is 9.42 Å². The number of quaternary nitrogens is 1. The van der Waals surface area contributed by atoms with Gasteiger partial charge in [-0.25, -0.2) is 0 Å². The second kappa shape index (κ2) is 8.55. The zero-order valence-electron chi connectivity index (χ0n) is 17.6. The summed E-state index contributed by atoms with van der Waals surface area (Å²) in [5.74, 6) is 0.253. The van der Waals surface area contributed by atoms with Gasteiger partial charge in [0.1, 0.15) is 17.7 Å². The smallest absolute Gasteiger partial charge is 0.349 e. The number of hydrogen-bond acceptors (Lipinski definition) is 5. The molecule has 0 aromatic heterocycles. The summed E-state index contributed by atoms with van der Waals surface area (Å²) in [5, 5.41) is 3.46. The van der Waals surface area contributed by atoms with Gasteiger partial charge in [-0.2, -0.15) is 8.42 Å². The summed E-state index contributed by atoms with van der Waals surface area (Å²) in [6, 6.07) is 18.7. The quantitative estimate of drug-likeness (QED) is 0.532. The third-order valence-electron chi connectivity index (χ3n) is 5.50. The molecule has 9 heteroatoms. The first-order valence-electron chi connectivity index (χ1n) is 9.91. The molecule has 2 N–H and O–H groups in total. The van der Waals surface area contributed by atoms with E-state index in [9.17, 15) is 13.2 Å². The maximum atomic E-state index is 13.5. The van der Waals surface area contributed by atoms with Crippen molar-refractivity contribution < 1.29 is 17.9 Å². The predicted molar refractivity (Wildman–Crippen MR) is 125 cm³/mol. The van der Waals surface area contributed by atoms with Crippen molar-refractivity contribution in [3.63, 3.8) is 0 Å². The Kier molecular flexibility index (Phi) is 5.96. The molecule has 0 saturated heterocycles. The second-order valence-electron chi connectivity index (χ2n) is 7.61. The Morgan fingerprint density at radius 1 is 1.12 bits per heavy atom. The van der Waals surface area contributed by atoms with Gasteiger partial charge in [-0.1, -0.05) is 29.8 Å². The van der Waals surface area contributed by atoms with Crippen LogP contribution >= 0.6 is 11.6 Å². The number of rotatable bonds is 6. The van der Waals surface area contributed by atoms with Gasteiger partial charge < -0.3 is 10.1 Å².